The van der Waals surface area contributed by atoms with Gasteiger partial charge in [0, 0.05) is 6.07 Å². The van der Waals surface area contributed by atoms with E-state index in [4.69, 9.17) is 0 Å². The number of aromatic nitrogens is 2. The molecule has 0 aliphatic rings. The Bertz CT molecular complexity index is 1140. The highest BCUT2D eigenvalue weighted by molar-refractivity contribution is 7.91. The molecule has 1 amide bonds. The largest absolute Gasteiger partial charge is 0.311 e. The average Bonchev–Trinajstić information content (AvgIpc) is 3.14. The Kier molecular flexibility index (Phi) is 6.65. The number of hydrogen-bond acceptors (Lipinski definition) is 4. The number of carbonyl (C=O) groups is 1. The first kappa shape index (κ1) is 22.7. The zero-order valence-electron chi connectivity index (χ0n) is 18.4. The highest BCUT2D eigenvalue weighted by Gasteiger charge is 2.14. The van der Waals surface area contributed by atoms with Gasteiger partial charge in [-0.3, -0.25) is 4.79 Å². The molecule has 2 aromatic carbocycles. The maximum Gasteiger partial charge on any atom is 0.229 e. The third kappa shape index (κ3) is 5.82. The van der Waals surface area contributed by atoms with Crippen molar-refractivity contribution in [3.8, 4) is 0 Å². The standard InChI is InChI=1S/C24H29N3O3S/c1-5-31(29,30)21-12-8-18(9-13-21)16-23(28)26-22-14-15-25-27(22)17-19-6-10-20(11-7-19)24(2,3)4/h6-15H,5,16-17H2,1-4H3,(H,26,28). The summed E-state index contributed by atoms with van der Waals surface area (Å²) in [5.74, 6) is 0.487. The van der Waals surface area contributed by atoms with E-state index in [0.29, 0.717) is 12.4 Å². The van der Waals surface area contributed by atoms with Crippen molar-refractivity contribution in [3.05, 3.63) is 77.5 Å². The molecule has 3 aromatic rings. The number of hydrogen-bond donors (Lipinski definition) is 1. The molecule has 0 bridgehead atoms. The quantitative estimate of drug-likeness (QED) is 0.598. The van der Waals surface area contributed by atoms with Crippen LogP contribution in [0.25, 0.3) is 0 Å². The molecule has 3 rings (SSSR count). The van der Waals surface area contributed by atoms with Gasteiger partial charge in [0.05, 0.1) is 29.8 Å². The molecule has 0 saturated heterocycles. The Hall–Kier alpha value is -2.93. The third-order valence-electron chi connectivity index (χ3n) is 5.16. The molecular formula is C24H29N3O3S. The molecule has 31 heavy (non-hydrogen) atoms. The average molecular weight is 440 g/mol. The van der Waals surface area contributed by atoms with E-state index in [9.17, 15) is 13.2 Å². The summed E-state index contributed by atoms with van der Waals surface area (Å²) in [6, 6.07) is 16.6. The molecule has 1 N–H and O–H groups in total. The van der Waals surface area contributed by atoms with Crippen LogP contribution in [0.4, 0.5) is 5.82 Å². The maximum absolute atomic E-state index is 12.5. The van der Waals surface area contributed by atoms with Gasteiger partial charge in [0.15, 0.2) is 9.84 Å². The smallest absolute Gasteiger partial charge is 0.229 e. The van der Waals surface area contributed by atoms with E-state index < -0.39 is 9.84 Å². The second-order valence-electron chi connectivity index (χ2n) is 8.59. The number of rotatable bonds is 7. The van der Waals surface area contributed by atoms with E-state index >= 15 is 0 Å². The molecule has 0 unspecified atom stereocenters. The Morgan fingerprint density at radius 2 is 1.58 bits per heavy atom. The molecule has 1 heterocycles. The molecule has 0 atom stereocenters. The predicted molar refractivity (Wildman–Crippen MR) is 123 cm³/mol. The van der Waals surface area contributed by atoms with Gasteiger partial charge in [-0.05, 0) is 34.2 Å². The molecule has 0 saturated carbocycles. The first-order chi connectivity index (χ1) is 14.6. The van der Waals surface area contributed by atoms with Crippen LogP contribution in [-0.4, -0.2) is 29.9 Å². The van der Waals surface area contributed by atoms with Crippen LogP contribution < -0.4 is 5.32 Å². The lowest BCUT2D eigenvalue weighted by molar-refractivity contribution is -0.115. The minimum Gasteiger partial charge on any atom is -0.311 e. The van der Waals surface area contributed by atoms with Crippen LogP contribution in [0.3, 0.4) is 0 Å². The van der Waals surface area contributed by atoms with Crippen LogP contribution in [0.1, 0.15) is 44.4 Å². The molecule has 1 aromatic heterocycles. The summed E-state index contributed by atoms with van der Waals surface area (Å²) in [6.07, 6.45) is 1.81. The van der Waals surface area contributed by atoms with Crippen molar-refractivity contribution in [2.45, 2.75) is 51.0 Å². The zero-order valence-corrected chi connectivity index (χ0v) is 19.2. The van der Waals surface area contributed by atoms with Crippen molar-refractivity contribution >= 4 is 21.6 Å². The lowest BCUT2D eigenvalue weighted by Gasteiger charge is -2.19. The summed E-state index contributed by atoms with van der Waals surface area (Å²) >= 11 is 0. The Balaban J connectivity index is 1.64. The normalized spacial score (nSPS) is 12.0. The van der Waals surface area contributed by atoms with Gasteiger partial charge in [0.2, 0.25) is 5.91 Å². The predicted octanol–water partition coefficient (Wildman–Crippen LogP) is 4.20. The summed E-state index contributed by atoms with van der Waals surface area (Å²) in [5, 5.41) is 7.22. The minimum atomic E-state index is -3.24. The van der Waals surface area contributed by atoms with Gasteiger partial charge in [-0.25, -0.2) is 13.1 Å². The van der Waals surface area contributed by atoms with Crippen molar-refractivity contribution < 1.29 is 13.2 Å². The van der Waals surface area contributed by atoms with Crippen molar-refractivity contribution in [2.24, 2.45) is 0 Å². The number of amides is 1. The number of nitrogens with zero attached hydrogens (tertiary/aromatic N) is 2. The highest BCUT2D eigenvalue weighted by atomic mass is 32.2. The molecule has 0 fully saturated rings. The van der Waals surface area contributed by atoms with E-state index in [1.807, 2.05) is 0 Å². The fraction of sp³-hybridized carbons (Fsp3) is 0.333. The minimum absolute atomic E-state index is 0.0513. The molecule has 164 valence electrons. The monoisotopic (exact) mass is 439 g/mol. The molecule has 0 spiro atoms. The number of anilines is 1. The van der Waals surface area contributed by atoms with Crippen molar-refractivity contribution in [1.29, 1.82) is 0 Å². The number of benzene rings is 2. The molecule has 7 heteroatoms. The fourth-order valence-corrected chi connectivity index (χ4v) is 4.09. The van der Waals surface area contributed by atoms with Crippen LogP contribution in [-0.2, 0) is 33.0 Å². The number of nitrogens with one attached hydrogen (secondary N) is 1. The van der Waals surface area contributed by atoms with Gasteiger partial charge in [-0.2, -0.15) is 5.10 Å². The summed E-state index contributed by atoms with van der Waals surface area (Å²) in [7, 11) is -3.24. The van der Waals surface area contributed by atoms with Crippen LogP contribution in [0.2, 0.25) is 0 Å². The fourth-order valence-electron chi connectivity index (χ4n) is 3.20. The van der Waals surface area contributed by atoms with E-state index in [2.05, 4.69) is 55.5 Å². The van der Waals surface area contributed by atoms with E-state index in [-0.39, 0.29) is 28.4 Å². The molecule has 0 radical (unpaired) electrons. The Morgan fingerprint density at radius 1 is 0.968 bits per heavy atom. The van der Waals surface area contributed by atoms with Gasteiger partial charge < -0.3 is 5.32 Å². The molecule has 6 nitrogen and oxygen atoms in total. The number of carbonyl (C=O) groups excluding carboxylic acids is 1. The summed E-state index contributed by atoms with van der Waals surface area (Å²) in [5.41, 5.74) is 3.21. The Morgan fingerprint density at radius 3 is 2.16 bits per heavy atom. The molecule has 0 aliphatic heterocycles. The Labute approximate surface area is 184 Å². The summed E-state index contributed by atoms with van der Waals surface area (Å²) in [4.78, 5) is 12.8. The van der Waals surface area contributed by atoms with Gasteiger partial charge in [-0.15, -0.1) is 0 Å². The van der Waals surface area contributed by atoms with Gasteiger partial charge in [0.25, 0.3) is 0 Å². The highest BCUT2D eigenvalue weighted by Crippen LogP contribution is 2.22. The molecular weight excluding hydrogens is 410 g/mol. The lowest BCUT2D eigenvalue weighted by atomic mass is 9.87. The van der Waals surface area contributed by atoms with Crippen LogP contribution in [0, 0.1) is 0 Å². The van der Waals surface area contributed by atoms with Crippen LogP contribution in [0.15, 0.2) is 65.7 Å². The zero-order chi connectivity index (χ0) is 22.6. The summed E-state index contributed by atoms with van der Waals surface area (Å²) < 4.78 is 25.6. The lowest BCUT2D eigenvalue weighted by Crippen LogP contribution is -2.18. The van der Waals surface area contributed by atoms with Gasteiger partial charge >= 0.3 is 0 Å². The third-order valence-corrected chi connectivity index (χ3v) is 6.91. The van der Waals surface area contributed by atoms with E-state index in [1.165, 1.54) is 5.56 Å². The second kappa shape index (κ2) is 9.06. The maximum atomic E-state index is 12.5. The van der Waals surface area contributed by atoms with Gasteiger partial charge in [0.1, 0.15) is 5.82 Å². The van der Waals surface area contributed by atoms with Gasteiger partial charge in [-0.1, -0.05) is 64.1 Å². The van der Waals surface area contributed by atoms with Crippen molar-refractivity contribution in [2.75, 3.05) is 11.1 Å². The summed E-state index contributed by atoms with van der Waals surface area (Å²) in [6.45, 7) is 8.70. The first-order valence-electron chi connectivity index (χ1n) is 10.3. The van der Waals surface area contributed by atoms with E-state index in [1.54, 1.807) is 48.1 Å². The first-order valence-corrected chi connectivity index (χ1v) is 12.0. The second-order valence-corrected chi connectivity index (χ2v) is 10.9. The van der Waals surface area contributed by atoms with Crippen LogP contribution >= 0.6 is 0 Å². The molecule has 0 aliphatic carbocycles. The van der Waals surface area contributed by atoms with E-state index in [0.717, 1.165) is 11.1 Å². The van der Waals surface area contributed by atoms with Crippen molar-refractivity contribution in [3.63, 3.8) is 0 Å². The number of sulfone groups is 1. The van der Waals surface area contributed by atoms with Crippen molar-refractivity contribution in [1.82, 2.24) is 9.78 Å². The topological polar surface area (TPSA) is 81.1 Å². The SMILES string of the molecule is CCS(=O)(=O)c1ccc(CC(=O)Nc2ccnn2Cc2ccc(C(C)(C)C)cc2)cc1. The van der Waals surface area contributed by atoms with Crippen LogP contribution in [0.5, 0.6) is 0 Å².